The Hall–Kier alpha value is -1.30. The summed E-state index contributed by atoms with van der Waals surface area (Å²) in [6, 6.07) is 4.67. The molecule has 0 spiro atoms. The summed E-state index contributed by atoms with van der Waals surface area (Å²) in [5.74, 6) is 0. The zero-order valence-electron chi connectivity index (χ0n) is 7.29. The van der Waals surface area contributed by atoms with E-state index in [4.69, 9.17) is 11.6 Å². The summed E-state index contributed by atoms with van der Waals surface area (Å²) in [6.45, 7) is -1.19. The Morgan fingerprint density at radius 1 is 1.33 bits per heavy atom. The third-order valence-corrected chi connectivity index (χ3v) is 2.12. The zero-order valence-corrected chi connectivity index (χ0v) is 8.05. The molecule has 0 N–H and O–H groups in total. The predicted molar refractivity (Wildman–Crippen MR) is 48.6 cm³/mol. The second kappa shape index (κ2) is 3.37. The summed E-state index contributed by atoms with van der Waals surface area (Å²) < 4.78 is 37.2. The molecule has 7 heteroatoms. The lowest BCUT2D eigenvalue weighted by atomic mass is 10.3. The van der Waals surface area contributed by atoms with Gasteiger partial charge in [-0.05, 0) is 12.1 Å². The molecule has 80 valence electrons. The van der Waals surface area contributed by atoms with Crippen LogP contribution in [0, 0.1) is 0 Å². The molecule has 0 atom stereocenters. The van der Waals surface area contributed by atoms with Gasteiger partial charge in [-0.25, -0.2) is 4.68 Å². The van der Waals surface area contributed by atoms with Crippen molar-refractivity contribution in [2.75, 3.05) is 0 Å². The fraction of sp³-hybridized carbons (Fsp3) is 0.250. The van der Waals surface area contributed by atoms with Crippen LogP contribution in [0.3, 0.4) is 0 Å². The Morgan fingerprint density at radius 2 is 2.07 bits per heavy atom. The molecule has 0 amide bonds. The molecular formula is C8H5ClF3N3. The van der Waals surface area contributed by atoms with Gasteiger partial charge < -0.3 is 0 Å². The summed E-state index contributed by atoms with van der Waals surface area (Å²) in [6.07, 6.45) is -4.33. The summed E-state index contributed by atoms with van der Waals surface area (Å²) in [5, 5.41) is 7.21. The van der Waals surface area contributed by atoms with E-state index < -0.39 is 12.7 Å². The minimum atomic E-state index is -4.33. The number of rotatable bonds is 1. The molecule has 0 saturated heterocycles. The van der Waals surface area contributed by atoms with Crippen molar-refractivity contribution in [3.63, 3.8) is 0 Å². The third kappa shape index (κ3) is 2.04. The van der Waals surface area contributed by atoms with E-state index >= 15 is 0 Å². The SMILES string of the molecule is FC(F)(F)Cn1nnc2cccc(Cl)c21. The van der Waals surface area contributed by atoms with Crippen LogP contribution >= 0.6 is 11.6 Å². The molecule has 0 unspecified atom stereocenters. The van der Waals surface area contributed by atoms with Crippen LogP contribution < -0.4 is 0 Å². The minimum absolute atomic E-state index is 0.205. The summed E-state index contributed by atoms with van der Waals surface area (Å²) in [5.41, 5.74) is 0.559. The van der Waals surface area contributed by atoms with E-state index in [1.165, 1.54) is 6.07 Å². The maximum atomic E-state index is 12.1. The van der Waals surface area contributed by atoms with Crippen molar-refractivity contribution < 1.29 is 13.2 Å². The van der Waals surface area contributed by atoms with Gasteiger partial charge in [-0.1, -0.05) is 22.9 Å². The van der Waals surface area contributed by atoms with E-state index in [9.17, 15) is 13.2 Å². The van der Waals surface area contributed by atoms with Crippen LogP contribution in [0.4, 0.5) is 13.2 Å². The van der Waals surface area contributed by atoms with Crippen LogP contribution in [-0.2, 0) is 6.54 Å². The number of hydrogen-bond acceptors (Lipinski definition) is 2. The first-order chi connectivity index (χ1) is 6.97. The van der Waals surface area contributed by atoms with Gasteiger partial charge in [0.05, 0.1) is 5.02 Å². The van der Waals surface area contributed by atoms with Gasteiger partial charge in [0.25, 0.3) is 0 Å². The summed E-state index contributed by atoms with van der Waals surface area (Å²) in [7, 11) is 0. The van der Waals surface area contributed by atoms with E-state index in [0.29, 0.717) is 5.52 Å². The highest BCUT2D eigenvalue weighted by atomic mass is 35.5. The van der Waals surface area contributed by atoms with Crippen LogP contribution in [0.5, 0.6) is 0 Å². The van der Waals surface area contributed by atoms with E-state index in [0.717, 1.165) is 4.68 Å². The maximum absolute atomic E-state index is 12.1. The molecule has 1 aromatic heterocycles. The lowest BCUT2D eigenvalue weighted by Crippen LogP contribution is -2.18. The molecule has 0 radical (unpaired) electrons. The Morgan fingerprint density at radius 3 is 2.73 bits per heavy atom. The van der Waals surface area contributed by atoms with Crippen molar-refractivity contribution in [1.29, 1.82) is 0 Å². The highest BCUT2D eigenvalue weighted by Crippen LogP contribution is 2.24. The maximum Gasteiger partial charge on any atom is 0.408 e. The topological polar surface area (TPSA) is 30.7 Å². The fourth-order valence-electron chi connectivity index (χ4n) is 1.27. The summed E-state index contributed by atoms with van der Waals surface area (Å²) in [4.78, 5) is 0. The monoisotopic (exact) mass is 235 g/mol. The molecule has 1 heterocycles. The molecule has 0 aliphatic rings. The van der Waals surface area contributed by atoms with E-state index in [-0.39, 0.29) is 10.5 Å². The average Bonchev–Trinajstić information content (AvgIpc) is 2.47. The molecular weight excluding hydrogens is 231 g/mol. The molecule has 3 nitrogen and oxygen atoms in total. The van der Waals surface area contributed by atoms with Gasteiger partial charge in [0.2, 0.25) is 0 Å². The molecule has 0 bridgehead atoms. The van der Waals surface area contributed by atoms with Gasteiger partial charge in [-0.3, -0.25) is 0 Å². The molecule has 0 saturated carbocycles. The van der Waals surface area contributed by atoms with Gasteiger partial charge in [-0.15, -0.1) is 5.10 Å². The number of benzene rings is 1. The van der Waals surface area contributed by atoms with Crippen molar-refractivity contribution >= 4 is 22.6 Å². The first-order valence-electron chi connectivity index (χ1n) is 4.02. The van der Waals surface area contributed by atoms with Gasteiger partial charge in [0, 0.05) is 0 Å². The standard InChI is InChI=1S/C8H5ClF3N3/c9-5-2-1-3-6-7(5)15(14-13-6)4-8(10,11)12/h1-3H,4H2. The smallest absolute Gasteiger partial charge is 0.234 e. The van der Waals surface area contributed by atoms with Crippen LogP contribution in [0.2, 0.25) is 5.02 Å². The number of para-hydroxylation sites is 1. The Labute approximate surface area is 87.4 Å². The molecule has 2 aromatic rings. The van der Waals surface area contributed by atoms with Crippen LogP contribution in [0.1, 0.15) is 0 Å². The van der Waals surface area contributed by atoms with Crippen molar-refractivity contribution in [3.05, 3.63) is 23.2 Å². The van der Waals surface area contributed by atoms with Crippen molar-refractivity contribution in [3.8, 4) is 0 Å². The second-order valence-electron chi connectivity index (χ2n) is 2.97. The van der Waals surface area contributed by atoms with Crippen LogP contribution in [0.15, 0.2) is 18.2 Å². The Bertz CT molecular complexity index is 491. The number of halogens is 4. The first kappa shape index (κ1) is 10.2. The number of hydrogen-bond donors (Lipinski definition) is 0. The van der Waals surface area contributed by atoms with Crippen LogP contribution in [-0.4, -0.2) is 21.2 Å². The lowest BCUT2D eigenvalue weighted by Gasteiger charge is -2.06. The van der Waals surface area contributed by atoms with Crippen LogP contribution in [0.25, 0.3) is 11.0 Å². The quantitative estimate of drug-likeness (QED) is 0.761. The second-order valence-corrected chi connectivity index (χ2v) is 3.38. The molecule has 0 aliphatic heterocycles. The number of alkyl halides is 3. The lowest BCUT2D eigenvalue weighted by molar-refractivity contribution is -0.142. The molecule has 0 fully saturated rings. The van der Waals surface area contributed by atoms with Crippen molar-refractivity contribution in [2.45, 2.75) is 12.7 Å². The number of aromatic nitrogens is 3. The van der Waals surface area contributed by atoms with Gasteiger partial charge in [0.1, 0.15) is 17.6 Å². The molecule has 15 heavy (non-hydrogen) atoms. The largest absolute Gasteiger partial charge is 0.408 e. The fourth-order valence-corrected chi connectivity index (χ4v) is 1.53. The van der Waals surface area contributed by atoms with Gasteiger partial charge >= 0.3 is 6.18 Å². The third-order valence-electron chi connectivity index (χ3n) is 1.81. The Balaban J connectivity index is 2.53. The van der Waals surface area contributed by atoms with E-state index in [1.807, 2.05) is 0 Å². The minimum Gasteiger partial charge on any atom is -0.234 e. The highest BCUT2D eigenvalue weighted by Gasteiger charge is 2.29. The highest BCUT2D eigenvalue weighted by molar-refractivity contribution is 6.34. The normalized spacial score (nSPS) is 12.3. The molecule has 2 rings (SSSR count). The molecule has 0 aliphatic carbocycles. The molecule has 1 aromatic carbocycles. The first-order valence-corrected chi connectivity index (χ1v) is 4.39. The van der Waals surface area contributed by atoms with Gasteiger partial charge in [0.15, 0.2) is 0 Å². The van der Waals surface area contributed by atoms with E-state index in [1.54, 1.807) is 12.1 Å². The predicted octanol–water partition coefficient (Wildman–Crippen LogP) is 2.65. The zero-order chi connectivity index (χ0) is 11.1. The van der Waals surface area contributed by atoms with Crippen molar-refractivity contribution in [2.24, 2.45) is 0 Å². The van der Waals surface area contributed by atoms with E-state index in [2.05, 4.69) is 10.3 Å². The number of fused-ring (bicyclic) bond motifs is 1. The van der Waals surface area contributed by atoms with Gasteiger partial charge in [-0.2, -0.15) is 13.2 Å². The average molecular weight is 236 g/mol. The summed E-state index contributed by atoms with van der Waals surface area (Å²) >= 11 is 5.76. The van der Waals surface area contributed by atoms with Crippen molar-refractivity contribution in [1.82, 2.24) is 15.0 Å². The number of nitrogens with zero attached hydrogens (tertiary/aromatic N) is 3. The Kier molecular flexibility index (Phi) is 2.30.